The summed E-state index contributed by atoms with van der Waals surface area (Å²) in [4.78, 5) is 15.5. The van der Waals surface area contributed by atoms with Gasteiger partial charge >= 0.3 is 0 Å². The smallest absolute Gasteiger partial charge is 0.228 e. The molecule has 1 aromatic carbocycles. The Balaban J connectivity index is 1.68. The number of H-pyrrole nitrogens is 1. The minimum absolute atomic E-state index is 0.0909. The van der Waals surface area contributed by atoms with Crippen LogP contribution in [0.5, 0.6) is 5.88 Å². The van der Waals surface area contributed by atoms with Crippen molar-refractivity contribution in [2.45, 2.75) is 4.90 Å². The van der Waals surface area contributed by atoms with Crippen molar-refractivity contribution in [2.24, 2.45) is 0 Å². The summed E-state index contributed by atoms with van der Waals surface area (Å²) in [5.74, 6) is -1.12. The minimum atomic E-state index is -0.749. The van der Waals surface area contributed by atoms with Crippen molar-refractivity contribution in [3.05, 3.63) is 59.6 Å². The average molecular weight is 420 g/mol. The standard InChI is InChI=1S/C18H12ClF2N5OS/c1-27-18-14(5-10(19)7-23-18)28-26-12-3-2-11(20)15(16(12)21)13-4-9-6-22-8-24-17(9)25-13/h2-8,26H,1H3,(H,22,24,25). The van der Waals surface area contributed by atoms with Gasteiger partial charge in [-0.15, -0.1) is 0 Å². The third-order valence-electron chi connectivity index (χ3n) is 3.90. The molecule has 6 nitrogen and oxygen atoms in total. The third kappa shape index (κ3) is 3.46. The van der Waals surface area contributed by atoms with E-state index >= 15 is 4.39 Å². The summed E-state index contributed by atoms with van der Waals surface area (Å²) < 4.78 is 37.5. The van der Waals surface area contributed by atoms with Crippen LogP contribution in [0.3, 0.4) is 0 Å². The van der Waals surface area contributed by atoms with E-state index in [0.717, 1.165) is 11.9 Å². The lowest BCUT2D eigenvalue weighted by atomic mass is 10.1. The first-order valence-corrected chi connectivity index (χ1v) is 9.15. The number of ether oxygens (including phenoxy) is 1. The van der Waals surface area contributed by atoms with Crippen molar-refractivity contribution in [3.8, 4) is 17.1 Å². The Morgan fingerprint density at radius 1 is 1.18 bits per heavy atom. The minimum Gasteiger partial charge on any atom is -0.480 e. The predicted molar refractivity (Wildman–Crippen MR) is 105 cm³/mol. The topological polar surface area (TPSA) is 75.7 Å². The Morgan fingerprint density at radius 2 is 2.04 bits per heavy atom. The number of fused-ring (bicyclic) bond motifs is 1. The molecule has 2 N–H and O–H groups in total. The molecular formula is C18H12ClF2N5OS. The predicted octanol–water partition coefficient (Wildman–Crippen LogP) is 5.08. The number of benzene rings is 1. The van der Waals surface area contributed by atoms with Gasteiger partial charge in [-0.2, -0.15) is 0 Å². The second-order valence-corrected chi connectivity index (χ2v) is 6.94. The Kier molecular flexibility index (Phi) is 5.01. The Morgan fingerprint density at radius 3 is 2.82 bits per heavy atom. The van der Waals surface area contributed by atoms with Crippen LogP contribution >= 0.6 is 23.5 Å². The molecule has 0 atom stereocenters. The first-order chi connectivity index (χ1) is 13.6. The maximum atomic E-state index is 15.1. The second-order valence-electron chi connectivity index (χ2n) is 5.66. The molecule has 3 aromatic heterocycles. The van der Waals surface area contributed by atoms with Crippen molar-refractivity contribution < 1.29 is 13.5 Å². The molecule has 4 aromatic rings. The molecule has 4 rings (SSSR count). The molecule has 0 aliphatic rings. The fraction of sp³-hybridized carbons (Fsp3) is 0.0556. The van der Waals surface area contributed by atoms with Crippen molar-refractivity contribution in [2.75, 3.05) is 11.8 Å². The van der Waals surface area contributed by atoms with E-state index < -0.39 is 11.6 Å². The number of hydrogen-bond donors (Lipinski definition) is 2. The number of nitrogens with zero attached hydrogens (tertiary/aromatic N) is 3. The molecule has 0 fully saturated rings. The molecule has 0 amide bonds. The van der Waals surface area contributed by atoms with E-state index in [-0.39, 0.29) is 16.9 Å². The van der Waals surface area contributed by atoms with Gasteiger partial charge in [0.05, 0.1) is 34.0 Å². The average Bonchev–Trinajstić information content (AvgIpc) is 3.11. The highest BCUT2D eigenvalue weighted by molar-refractivity contribution is 8.00. The van der Waals surface area contributed by atoms with Crippen LogP contribution < -0.4 is 9.46 Å². The largest absolute Gasteiger partial charge is 0.480 e. The molecule has 0 aliphatic heterocycles. The summed E-state index contributed by atoms with van der Waals surface area (Å²) in [7, 11) is 1.47. The Labute approximate surface area is 167 Å². The van der Waals surface area contributed by atoms with Crippen LogP contribution in [0, 0.1) is 11.6 Å². The van der Waals surface area contributed by atoms with E-state index in [1.807, 2.05) is 0 Å². The number of aromatic nitrogens is 4. The highest BCUT2D eigenvalue weighted by Crippen LogP contribution is 2.35. The quantitative estimate of drug-likeness (QED) is 0.439. The number of nitrogens with one attached hydrogen (secondary N) is 2. The summed E-state index contributed by atoms with van der Waals surface area (Å²) in [5, 5.41) is 1.06. The Bertz CT molecular complexity index is 1140. The zero-order valence-electron chi connectivity index (χ0n) is 14.3. The van der Waals surface area contributed by atoms with E-state index in [4.69, 9.17) is 16.3 Å². The van der Waals surface area contributed by atoms with Gasteiger partial charge in [0.1, 0.15) is 17.8 Å². The molecule has 0 unspecified atom stereocenters. The molecule has 3 heterocycles. The molecule has 0 radical (unpaired) electrons. The summed E-state index contributed by atoms with van der Waals surface area (Å²) in [6.07, 6.45) is 4.37. The van der Waals surface area contributed by atoms with Gasteiger partial charge in [-0.25, -0.2) is 23.7 Å². The third-order valence-corrected chi connectivity index (χ3v) is 4.94. The highest BCUT2D eigenvalue weighted by Gasteiger charge is 2.18. The SMILES string of the molecule is COc1ncc(Cl)cc1SNc1ccc(F)c(-c2cc3cncnc3[nH]2)c1F. The van der Waals surface area contributed by atoms with E-state index in [1.165, 1.54) is 31.8 Å². The number of rotatable bonds is 5. The van der Waals surface area contributed by atoms with Crippen LogP contribution in [0.15, 0.2) is 47.9 Å². The highest BCUT2D eigenvalue weighted by atomic mass is 35.5. The van der Waals surface area contributed by atoms with Crippen molar-refractivity contribution in [1.29, 1.82) is 0 Å². The molecule has 0 spiro atoms. The van der Waals surface area contributed by atoms with E-state index in [2.05, 4.69) is 24.7 Å². The van der Waals surface area contributed by atoms with Crippen molar-refractivity contribution in [3.63, 3.8) is 0 Å². The summed E-state index contributed by atoms with van der Waals surface area (Å²) in [6, 6.07) is 5.72. The summed E-state index contributed by atoms with van der Waals surface area (Å²) in [5.41, 5.74) is 0.653. The molecule has 0 aliphatic carbocycles. The van der Waals surface area contributed by atoms with Gasteiger partial charge in [-0.3, -0.25) is 0 Å². The summed E-state index contributed by atoms with van der Waals surface area (Å²) >= 11 is 7.00. The molecule has 0 bridgehead atoms. The van der Waals surface area contributed by atoms with E-state index in [1.54, 1.807) is 18.3 Å². The van der Waals surface area contributed by atoms with Crippen molar-refractivity contribution >= 4 is 40.3 Å². The molecule has 0 saturated heterocycles. The number of halogens is 3. The van der Waals surface area contributed by atoms with Gasteiger partial charge < -0.3 is 14.4 Å². The Hall–Kier alpha value is -2.91. The van der Waals surface area contributed by atoms with Crippen LogP contribution in [0.25, 0.3) is 22.3 Å². The van der Waals surface area contributed by atoms with Crippen LogP contribution in [-0.4, -0.2) is 27.0 Å². The fourth-order valence-corrected chi connectivity index (χ4v) is 3.64. The number of aromatic amines is 1. The molecule has 28 heavy (non-hydrogen) atoms. The molecular weight excluding hydrogens is 408 g/mol. The van der Waals surface area contributed by atoms with E-state index in [9.17, 15) is 4.39 Å². The van der Waals surface area contributed by atoms with Crippen LogP contribution in [0.2, 0.25) is 5.02 Å². The van der Waals surface area contributed by atoms with Gasteiger partial charge in [0.15, 0.2) is 5.82 Å². The molecule has 0 saturated carbocycles. The normalized spacial score (nSPS) is 11.0. The first kappa shape index (κ1) is 18.5. The maximum absolute atomic E-state index is 15.1. The number of hydrogen-bond acceptors (Lipinski definition) is 6. The van der Waals surface area contributed by atoms with Crippen LogP contribution in [0.1, 0.15) is 0 Å². The lowest BCUT2D eigenvalue weighted by molar-refractivity contribution is 0.387. The monoisotopic (exact) mass is 419 g/mol. The van der Waals surface area contributed by atoms with E-state index in [0.29, 0.717) is 26.8 Å². The van der Waals surface area contributed by atoms with Gasteiger partial charge in [0.2, 0.25) is 5.88 Å². The lowest BCUT2D eigenvalue weighted by Crippen LogP contribution is -1.98. The summed E-state index contributed by atoms with van der Waals surface area (Å²) in [6.45, 7) is 0. The van der Waals surface area contributed by atoms with Crippen molar-refractivity contribution in [1.82, 2.24) is 19.9 Å². The van der Waals surface area contributed by atoms with Gasteiger partial charge in [-0.05, 0) is 36.2 Å². The molecule has 10 heteroatoms. The zero-order chi connectivity index (χ0) is 19.7. The van der Waals surface area contributed by atoms with Crippen LogP contribution in [0.4, 0.5) is 14.5 Å². The number of anilines is 1. The molecule has 142 valence electrons. The van der Waals surface area contributed by atoms with Gasteiger partial charge in [-0.1, -0.05) is 11.6 Å². The first-order valence-electron chi connectivity index (χ1n) is 7.96. The number of methoxy groups -OCH3 is 1. The number of pyridine rings is 1. The van der Waals surface area contributed by atoms with Gasteiger partial charge in [0.25, 0.3) is 0 Å². The second kappa shape index (κ2) is 7.61. The maximum Gasteiger partial charge on any atom is 0.228 e. The zero-order valence-corrected chi connectivity index (χ0v) is 15.9. The van der Waals surface area contributed by atoms with Crippen LogP contribution in [-0.2, 0) is 0 Å². The lowest BCUT2D eigenvalue weighted by Gasteiger charge is -2.12. The fourth-order valence-electron chi connectivity index (χ4n) is 2.63. The van der Waals surface area contributed by atoms with Gasteiger partial charge in [0, 0.05) is 17.8 Å².